The highest BCUT2D eigenvalue weighted by Gasteiger charge is 2.10. The van der Waals surface area contributed by atoms with Gasteiger partial charge in [-0.25, -0.2) is 4.79 Å². The summed E-state index contributed by atoms with van der Waals surface area (Å²) in [4.78, 5) is 10.9. The molecular weight excluding hydrogens is 206 g/mol. The molecule has 0 aliphatic rings. The average Bonchev–Trinajstić information content (AvgIpc) is 2.27. The number of aliphatic hydroxyl groups excluding tert-OH is 1. The van der Waals surface area contributed by atoms with E-state index in [0.717, 1.165) is 6.42 Å². The average molecular weight is 223 g/mol. The van der Waals surface area contributed by atoms with Crippen LogP contribution in [0.3, 0.4) is 0 Å². The Hall–Kier alpha value is -1.55. The molecule has 0 aliphatic carbocycles. The molecule has 0 amide bonds. The number of carboxylic acid groups (broad SMARTS) is 1. The number of benzene rings is 1. The van der Waals surface area contributed by atoms with E-state index in [-0.39, 0.29) is 18.2 Å². The van der Waals surface area contributed by atoms with Crippen LogP contribution >= 0.6 is 0 Å². The number of aliphatic hydroxyl groups is 1. The van der Waals surface area contributed by atoms with Crippen LogP contribution in [-0.2, 0) is 0 Å². The maximum atomic E-state index is 10.9. The topological polar surface area (TPSA) is 69.6 Å². The molecule has 0 radical (unpaired) electrons. The highest BCUT2D eigenvalue weighted by atomic mass is 16.4. The summed E-state index contributed by atoms with van der Waals surface area (Å²) in [6.45, 7) is 2.13. The molecule has 0 heterocycles. The van der Waals surface area contributed by atoms with E-state index in [4.69, 9.17) is 10.2 Å². The van der Waals surface area contributed by atoms with Crippen molar-refractivity contribution in [3.05, 3.63) is 29.8 Å². The van der Waals surface area contributed by atoms with Gasteiger partial charge in [0, 0.05) is 18.3 Å². The number of carbonyl (C=O) groups is 1. The van der Waals surface area contributed by atoms with E-state index in [1.54, 1.807) is 24.3 Å². The molecule has 0 spiro atoms. The van der Waals surface area contributed by atoms with Gasteiger partial charge in [-0.05, 0) is 31.9 Å². The Morgan fingerprint density at radius 2 is 2.12 bits per heavy atom. The first kappa shape index (κ1) is 12.5. The van der Waals surface area contributed by atoms with E-state index in [2.05, 4.69) is 5.32 Å². The van der Waals surface area contributed by atoms with Crippen molar-refractivity contribution in [2.45, 2.75) is 25.8 Å². The SMILES string of the molecule is CC(CCCO)Nc1ccccc1C(=O)O. The summed E-state index contributed by atoms with van der Waals surface area (Å²) < 4.78 is 0. The van der Waals surface area contributed by atoms with E-state index in [9.17, 15) is 4.79 Å². The molecule has 0 saturated carbocycles. The second kappa shape index (κ2) is 6.12. The zero-order valence-electron chi connectivity index (χ0n) is 9.31. The minimum atomic E-state index is -0.933. The summed E-state index contributed by atoms with van der Waals surface area (Å²) in [5, 5.41) is 20.8. The van der Waals surface area contributed by atoms with E-state index in [1.165, 1.54) is 0 Å². The summed E-state index contributed by atoms with van der Waals surface area (Å²) in [7, 11) is 0. The van der Waals surface area contributed by atoms with E-state index < -0.39 is 5.97 Å². The lowest BCUT2D eigenvalue weighted by molar-refractivity contribution is 0.0698. The van der Waals surface area contributed by atoms with Crippen molar-refractivity contribution >= 4 is 11.7 Å². The summed E-state index contributed by atoms with van der Waals surface area (Å²) in [5.74, 6) is -0.933. The van der Waals surface area contributed by atoms with Gasteiger partial charge in [-0.2, -0.15) is 0 Å². The van der Waals surface area contributed by atoms with E-state index >= 15 is 0 Å². The van der Waals surface area contributed by atoms with Crippen LogP contribution < -0.4 is 5.32 Å². The second-order valence-corrected chi connectivity index (χ2v) is 3.76. The molecule has 1 unspecified atom stereocenters. The third-order valence-corrected chi connectivity index (χ3v) is 2.35. The molecule has 0 saturated heterocycles. The van der Waals surface area contributed by atoms with Gasteiger partial charge in [-0.15, -0.1) is 0 Å². The molecule has 88 valence electrons. The Morgan fingerprint density at radius 3 is 2.75 bits per heavy atom. The van der Waals surface area contributed by atoms with Gasteiger partial charge in [-0.1, -0.05) is 12.1 Å². The maximum absolute atomic E-state index is 10.9. The molecule has 1 atom stereocenters. The van der Waals surface area contributed by atoms with Crippen molar-refractivity contribution < 1.29 is 15.0 Å². The highest BCUT2D eigenvalue weighted by Crippen LogP contribution is 2.17. The smallest absolute Gasteiger partial charge is 0.337 e. The summed E-state index contributed by atoms with van der Waals surface area (Å²) in [6.07, 6.45) is 1.52. The fourth-order valence-corrected chi connectivity index (χ4v) is 1.53. The Labute approximate surface area is 94.9 Å². The number of hydrogen-bond acceptors (Lipinski definition) is 3. The Bertz CT molecular complexity index is 352. The number of rotatable bonds is 6. The molecule has 3 N–H and O–H groups in total. The predicted octanol–water partition coefficient (Wildman–Crippen LogP) is 1.96. The molecule has 0 fully saturated rings. The third-order valence-electron chi connectivity index (χ3n) is 2.35. The van der Waals surface area contributed by atoms with Crippen molar-refractivity contribution in [1.29, 1.82) is 0 Å². The maximum Gasteiger partial charge on any atom is 0.337 e. The minimum absolute atomic E-state index is 0.146. The Morgan fingerprint density at radius 1 is 1.44 bits per heavy atom. The fourth-order valence-electron chi connectivity index (χ4n) is 1.53. The lowest BCUT2D eigenvalue weighted by atomic mass is 10.1. The van der Waals surface area contributed by atoms with Crippen LogP contribution in [0.4, 0.5) is 5.69 Å². The van der Waals surface area contributed by atoms with Crippen LogP contribution in [0.25, 0.3) is 0 Å². The number of aromatic carboxylic acids is 1. The van der Waals surface area contributed by atoms with Crippen LogP contribution in [0.5, 0.6) is 0 Å². The first-order valence-corrected chi connectivity index (χ1v) is 5.35. The molecule has 4 heteroatoms. The van der Waals surface area contributed by atoms with Crippen LogP contribution in [0.1, 0.15) is 30.1 Å². The van der Waals surface area contributed by atoms with Crippen molar-refractivity contribution in [1.82, 2.24) is 0 Å². The van der Waals surface area contributed by atoms with Crippen molar-refractivity contribution in [2.24, 2.45) is 0 Å². The van der Waals surface area contributed by atoms with Gasteiger partial charge in [0.2, 0.25) is 0 Å². The summed E-state index contributed by atoms with van der Waals surface area (Å²) in [5.41, 5.74) is 0.902. The van der Waals surface area contributed by atoms with Gasteiger partial charge in [0.05, 0.1) is 5.56 Å². The van der Waals surface area contributed by atoms with Gasteiger partial charge in [0.25, 0.3) is 0 Å². The van der Waals surface area contributed by atoms with E-state index in [0.29, 0.717) is 12.1 Å². The molecule has 1 aromatic rings. The lowest BCUT2D eigenvalue weighted by Crippen LogP contribution is -2.17. The normalized spacial score (nSPS) is 12.1. The number of anilines is 1. The minimum Gasteiger partial charge on any atom is -0.478 e. The molecular formula is C12H17NO3. The molecule has 4 nitrogen and oxygen atoms in total. The zero-order chi connectivity index (χ0) is 12.0. The van der Waals surface area contributed by atoms with E-state index in [1.807, 2.05) is 6.92 Å². The number of para-hydroxylation sites is 1. The molecule has 0 aliphatic heterocycles. The molecule has 1 aromatic carbocycles. The predicted molar refractivity (Wildman–Crippen MR) is 62.8 cm³/mol. The van der Waals surface area contributed by atoms with Crippen LogP contribution in [0.15, 0.2) is 24.3 Å². The second-order valence-electron chi connectivity index (χ2n) is 3.76. The van der Waals surface area contributed by atoms with Gasteiger partial charge in [0.1, 0.15) is 0 Å². The number of carboxylic acids is 1. The first-order chi connectivity index (χ1) is 7.65. The monoisotopic (exact) mass is 223 g/mol. The number of nitrogens with one attached hydrogen (secondary N) is 1. The first-order valence-electron chi connectivity index (χ1n) is 5.35. The molecule has 16 heavy (non-hydrogen) atoms. The Kier molecular flexibility index (Phi) is 4.79. The van der Waals surface area contributed by atoms with Crippen molar-refractivity contribution in [3.63, 3.8) is 0 Å². The van der Waals surface area contributed by atoms with Gasteiger partial charge in [-0.3, -0.25) is 0 Å². The zero-order valence-corrected chi connectivity index (χ0v) is 9.31. The van der Waals surface area contributed by atoms with Gasteiger partial charge in [0.15, 0.2) is 0 Å². The lowest BCUT2D eigenvalue weighted by Gasteiger charge is -2.16. The van der Waals surface area contributed by atoms with Gasteiger partial charge >= 0.3 is 5.97 Å². The van der Waals surface area contributed by atoms with Crippen molar-refractivity contribution in [3.8, 4) is 0 Å². The summed E-state index contributed by atoms with van der Waals surface area (Å²) >= 11 is 0. The molecule has 0 aromatic heterocycles. The third kappa shape index (κ3) is 3.55. The standard InChI is InChI=1S/C12H17NO3/c1-9(5-4-8-14)13-11-7-3-2-6-10(11)12(15)16/h2-3,6-7,9,13-14H,4-5,8H2,1H3,(H,15,16). The van der Waals surface area contributed by atoms with Gasteiger partial charge < -0.3 is 15.5 Å². The Balaban J connectivity index is 2.69. The summed E-state index contributed by atoms with van der Waals surface area (Å²) in [6, 6.07) is 6.97. The van der Waals surface area contributed by atoms with Crippen molar-refractivity contribution in [2.75, 3.05) is 11.9 Å². The largest absolute Gasteiger partial charge is 0.478 e. The molecule has 1 rings (SSSR count). The number of hydrogen-bond donors (Lipinski definition) is 3. The quantitative estimate of drug-likeness (QED) is 0.689. The molecule has 0 bridgehead atoms. The van der Waals surface area contributed by atoms with Crippen LogP contribution in [-0.4, -0.2) is 28.8 Å². The van der Waals surface area contributed by atoms with Crippen LogP contribution in [0, 0.1) is 0 Å². The highest BCUT2D eigenvalue weighted by molar-refractivity contribution is 5.94. The fraction of sp³-hybridized carbons (Fsp3) is 0.417. The van der Waals surface area contributed by atoms with Crippen LogP contribution in [0.2, 0.25) is 0 Å².